The van der Waals surface area contributed by atoms with Crippen LogP contribution >= 0.6 is 0 Å². The SMILES string of the molecule is O=C(NCCCNc1nc(Nc2ccc3nc[nH]c3c2)ncc1C1CC1)C1CCC1. The lowest BCUT2D eigenvalue weighted by molar-refractivity contribution is -0.127. The average Bonchev–Trinajstić information content (AvgIpc) is 3.43. The number of hydrogen-bond donors (Lipinski definition) is 4. The lowest BCUT2D eigenvalue weighted by Crippen LogP contribution is -2.35. The van der Waals surface area contributed by atoms with Gasteiger partial charge in [-0.3, -0.25) is 4.79 Å². The molecule has 1 amide bonds. The Kier molecular flexibility index (Phi) is 5.21. The van der Waals surface area contributed by atoms with E-state index in [9.17, 15) is 4.79 Å². The zero-order valence-corrected chi connectivity index (χ0v) is 16.9. The zero-order chi connectivity index (χ0) is 20.3. The number of aromatic nitrogens is 4. The molecule has 2 saturated carbocycles. The van der Waals surface area contributed by atoms with Crippen LogP contribution in [0.3, 0.4) is 0 Å². The van der Waals surface area contributed by atoms with Crippen LogP contribution in [0, 0.1) is 5.92 Å². The van der Waals surface area contributed by atoms with Gasteiger partial charge in [-0.15, -0.1) is 0 Å². The van der Waals surface area contributed by atoms with Crippen molar-refractivity contribution in [3.05, 3.63) is 36.3 Å². The highest BCUT2D eigenvalue weighted by atomic mass is 16.1. The second-order valence-corrected chi connectivity index (χ2v) is 8.23. The lowest BCUT2D eigenvalue weighted by Gasteiger charge is -2.24. The molecule has 0 unspecified atom stereocenters. The first-order valence-electron chi connectivity index (χ1n) is 10.8. The largest absolute Gasteiger partial charge is 0.370 e. The van der Waals surface area contributed by atoms with Crippen LogP contribution in [0.4, 0.5) is 17.5 Å². The monoisotopic (exact) mass is 405 g/mol. The van der Waals surface area contributed by atoms with Gasteiger partial charge >= 0.3 is 0 Å². The molecule has 0 bridgehead atoms. The first kappa shape index (κ1) is 18.8. The molecule has 0 saturated heterocycles. The maximum absolute atomic E-state index is 11.9. The third kappa shape index (κ3) is 4.22. The molecular weight excluding hydrogens is 378 g/mol. The highest BCUT2D eigenvalue weighted by molar-refractivity contribution is 5.80. The van der Waals surface area contributed by atoms with E-state index in [0.29, 0.717) is 18.4 Å². The smallest absolute Gasteiger partial charge is 0.229 e. The maximum Gasteiger partial charge on any atom is 0.229 e. The van der Waals surface area contributed by atoms with Gasteiger partial charge in [-0.1, -0.05) is 6.42 Å². The van der Waals surface area contributed by atoms with Crippen molar-refractivity contribution in [2.75, 3.05) is 23.7 Å². The second kappa shape index (κ2) is 8.30. The predicted molar refractivity (Wildman–Crippen MR) is 117 cm³/mol. The summed E-state index contributed by atoms with van der Waals surface area (Å²) >= 11 is 0. The molecule has 30 heavy (non-hydrogen) atoms. The van der Waals surface area contributed by atoms with Gasteiger partial charge in [-0.25, -0.2) is 9.97 Å². The number of nitrogens with zero attached hydrogens (tertiary/aromatic N) is 3. The molecule has 0 spiro atoms. The van der Waals surface area contributed by atoms with Crippen LogP contribution in [0.2, 0.25) is 0 Å². The van der Waals surface area contributed by atoms with E-state index in [1.54, 1.807) is 6.33 Å². The topological polar surface area (TPSA) is 108 Å². The number of H-pyrrole nitrogens is 1. The number of benzene rings is 1. The summed E-state index contributed by atoms with van der Waals surface area (Å²) in [7, 11) is 0. The fourth-order valence-corrected chi connectivity index (χ4v) is 3.75. The first-order chi connectivity index (χ1) is 14.8. The summed E-state index contributed by atoms with van der Waals surface area (Å²) in [5.74, 6) is 2.47. The van der Waals surface area contributed by atoms with Crippen LogP contribution in [0.5, 0.6) is 0 Å². The van der Waals surface area contributed by atoms with E-state index in [2.05, 4.69) is 30.9 Å². The zero-order valence-electron chi connectivity index (χ0n) is 16.9. The Bertz CT molecular complexity index is 1040. The number of fused-ring (bicyclic) bond motifs is 1. The number of amides is 1. The number of carbonyl (C=O) groups excluding carboxylic acids is 1. The molecule has 2 aromatic heterocycles. The second-order valence-electron chi connectivity index (χ2n) is 8.23. The first-order valence-corrected chi connectivity index (χ1v) is 10.8. The van der Waals surface area contributed by atoms with Crippen molar-refractivity contribution in [1.82, 2.24) is 25.3 Å². The molecule has 0 atom stereocenters. The van der Waals surface area contributed by atoms with Crippen molar-refractivity contribution in [2.24, 2.45) is 5.92 Å². The van der Waals surface area contributed by atoms with E-state index >= 15 is 0 Å². The molecule has 5 rings (SSSR count). The summed E-state index contributed by atoms with van der Waals surface area (Å²) in [6.45, 7) is 1.46. The Morgan fingerprint density at radius 3 is 2.83 bits per heavy atom. The predicted octanol–water partition coefficient (Wildman–Crippen LogP) is 3.69. The Balaban J connectivity index is 1.20. The van der Waals surface area contributed by atoms with E-state index in [4.69, 9.17) is 4.98 Å². The summed E-state index contributed by atoms with van der Waals surface area (Å²) in [5, 5.41) is 9.79. The van der Waals surface area contributed by atoms with Crippen molar-refractivity contribution < 1.29 is 4.79 Å². The van der Waals surface area contributed by atoms with Gasteiger partial charge in [0.1, 0.15) is 5.82 Å². The van der Waals surface area contributed by atoms with Gasteiger partial charge in [0.2, 0.25) is 11.9 Å². The van der Waals surface area contributed by atoms with Crippen LogP contribution in [0.25, 0.3) is 11.0 Å². The van der Waals surface area contributed by atoms with Crippen LogP contribution in [0.15, 0.2) is 30.7 Å². The number of anilines is 3. The van der Waals surface area contributed by atoms with Crippen molar-refractivity contribution in [3.8, 4) is 0 Å². The molecular formula is C22H27N7O. The Morgan fingerprint density at radius 2 is 2.03 bits per heavy atom. The quantitative estimate of drug-likeness (QED) is 0.405. The van der Waals surface area contributed by atoms with Crippen molar-refractivity contribution in [1.29, 1.82) is 0 Å². The summed E-state index contributed by atoms with van der Waals surface area (Å²) < 4.78 is 0. The van der Waals surface area contributed by atoms with Gasteiger partial charge in [0.05, 0.1) is 17.4 Å². The molecule has 2 aliphatic rings. The summed E-state index contributed by atoms with van der Waals surface area (Å²) in [6, 6.07) is 5.93. The molecule has 2 heterocycles. The molecule has 0 radical (unpaired) electrons. The fourth-order valence-electron chi connectivity index (χ4n) is 3.75. The lowest BCUT2D eigenvalue weighted by atomic mass is 9.85. The summed E-state index contributed by atoms with van der Waals surface area (Å²) in [5.41, 5.74) is 3.99. The number of nitrogens with one attached hydrogen (secondary N) is 4. The molecule has 2 aliphatic carbocycles. The highest BCUT2D eigenvalue weighted by Crippen LogP contribution is 2.42. The van der Waals surface area contributed by atoms with E-state index in [1.807, 2.05) is 24.4 Å². The van der Waals surface area contributed by atoms with Gasteiger partial charge < -0.3 is 20.9 Å². The van der Waals surface area contributed by atoms with Gasteiger partial charge in [0.15, 0.2) is 0 Å². The molecule has 2 fully saturated rings. The summed E-state index contributed by atoms with van der Waals surface area (Å²) in [4.78, 5) is 28.5. The molecule has 8 heteroatoms. The van der Waals surface area contributed by atoms with Crippen LogP contribution in [-0.4, -0.2) is 38.9 Å². The Morgan fingerprint density at radius 1 is 1.13 bits per heavy atom. The van der Waals surface area contributed by atoms with Crippen molar-refractivity contribution >= 4 is 34.4 Å². The van der Waals surface area contributed by atoms with Crippen LogP contribution in [-0.2, 0) is 4.79 Å². The van der Waals surface area contributed by atoms with Gasteiger partial charge in [-0.2, -0.15) is 4.98 Å². The van der Waals surface area contributed by atoms with E-state index in [1.165, 1.54) is 24.8 Å². The number of aromatic amines is 1. The van der Waals surface area contributed by atoms with E-state index in [0.717, 1.165) is 48.3 Å². The molecule has 156 valence electrons. The van der Waals surface area contributed by atoms with E-state index < -0.39 is 0 Å². The minimum absolute atomic E-state index is 0.211. The molecule has 1 aromatic carbocycles. The third-order valence-corrected chi connectivity index (χ3v) is 5.93. The molecule has 4 N–H and O–H groups in total. The number of carbonyl (C=O) groups is 1. The summed E-state index contributed by atoms with van der Waals surface area (Å²) in [6.07, 6.45) is 10.1. The normalized spacial score (nSPS) is 16.3. The molecule has 3 aromatic rings. The van der Waals surface area contributed by atoms with Crippen molar-refractivity contribution in [3.63, 3.8) is 0 Å². The van der Waals surface area contributed by atoms with E-state index in [-0.39, 0.29) is 11.8 Å². The van der Waals surface area contributed by atoms with Gasteiger partial charge in [0.25, 0.3) is 0 Å². The highest BCUT2D eigenvalue weighted by Gasteiger charge is 2.28. The minimum Gasteiger partial charge on any atom is -0.370 e. The number of hydrogen-bond acceptors (Lipinski definition) is 6. The standard InChI is InChI=1S/C22H27N7O/c30-21(15-3-1-4-15)24-10-2-9-23-20-17(14-5-6-14)12-25-22(29-20)28-16-7-8-18-19(11-16)27-13-26-18/h7-8,11-15H,1-6,9-10H2,(H,24,30)(H,26,27)(H2,23,25,28,29). The fraction of sp³-hybridized carbons (Fsp3) is 0.455. The van der Waals surface area contributed by atoms with Gasteiger partial charge in [0, 0.05) is 36.5 Å². The van der Waals surface area contributed by atoms with Crippen molar-refractivity contribution in [2.45, 2.75) is 44.4 Å². The van der Waals surface area contributed by atoms with Gasteiger partial charge in [-0.05, 0) is 56.2 Å². The Hall–Kier alpha value is -3.16. The third-order valence-electron chi connectivity index (χ3n) is 5.93. The average molecular weight is 406 g/mol. The minimum atomic E-state index is 0.211. The number of imidazole rings is 1. The molecule has 0 aliphatic heterocycles. The maximum atomic E-state index is 11.9. The number of rotatable bonds is 9. The van der Waals surface area contributed by atoms with Crippen LogP contribution in [0.1, 0.15) is 50.0 Å². The molecule has 8 nitrogen and oxygen atoms in total. The Labute approximate surface area is 175 Å². The van der Waals surface area contributed by atoms with Crippen LogP contribution < -0.4 is 16.0 Å².